The number of hydrogen-bond donors (Lipinski definition) is 0. The van der Waals surface area contributed by atoms with Crippen LogP contribution in [-0.2, 0) is 0 Å². The van der Waals surface area contributed by atoms with Gasteiger partial charge < -0.3 is 4.90 Å². The highest BCUT2D eigenvalue weighted by Gasteiger charge is 2.47. The van der Waals surface area contributed by atoms with E-state index in [2.05, 4.69) is 10.1 Å². The van der Waals surface area contributed by atoms with Gasteiger partial charge in [0.25, 0.3) is 17.4 Å². The Labute approximate surface area is 241 Å². The van der Waals surface area contributed by atoms with Crippen molar-refractivity contribution in [2.45, 2.75) is 44.6 Å². The predicted octanol–water partition coefficient (Wildman–Crippen LogP) is 6.26. The zero-order chi connectivity index (χ0) is 30.1. The molecule has 2 fully saturated rings. The summed E-state index contributed by atoms with van der Waals surface area (Å²) in [5.74, 6) is -4.98. The van der Waals surface area contributed by atoms with Gasteiger partial charge in [0.15, 0.2) is 0 Å². The van der Waals surface area contributed by atoms with Crippen molar-refractivity contribution >= 4 is 17.5 Å². The van der Waals surface area contributed by atoms with Gasteiger partial charge in [0, 0.05) is 23.7 Å². The summed E-state index contributed by atoms with van der Waals surface area (Å²) in [6.45, 7) is -0.859. The van der Waals surface area contributed by atoms with E-state index in [1.54, 1.807) is 19.9 Å². The molecule has 2 atom stereocenters. The Balaban J connectivity index is 1.33. The first-order chi connectivity index (χ1) is 19.9. The van der Waals surface area contributed by atoms with Crippen molar-refractivity contribution in [3.8, 4) is 16.9 Å². The van der Waals surface area contributed by atoms with Crippen LogP contribution >= 0.6 is 11.6 Å². The summed E-state index contributed by atoms with van der Waals surface area (Å²) in [5, 5.41) is 3.67. The molecule has 1 saturated carbocycles. The van der Waals surface area contributed by atoms with Crippen molar-refractivity contribution in [3.05, 3.63) is 98.1 Å². The zero-order valence-electron chi connectivity index (χ0n) is 22.3. The quantitative estimate of drug-likeness (QED) is 0.244. The SMILES string of the molecule is Cc1cnc(-c2cccc(C(=O)N3CC(F)(F)C3)c2F)cc1-n1c(C)cc([C@@H]2CC2c2cnn(C(F)F)c2)c(Cl)c1=O. The number of hydrogen-bond acceptors (Lipinski definition) is 4. The van der Waals surface area contributed by atoms with E-state index in [9.17, 15) is 27.2 Å². The molecule has 0 bridgehead atoms. The third-order valence-electron chi connectivity index (χ3n) is 7.75. The lowest BCUT2D eigenvalue weighted by Crippen LogP contribution is -2.58. The van der Waals surface area contributed by atoms with Crippen molar-refractivity contribution in [1.29, 1.82) is 0 Å². The molecule has 1 aliphatic carbocycles. The topological polar surface area (TPSA) is 73.0 Å². The van der Waals surface area contributed by atoms with Crippen LogP contribution in [0, 0.1) is 19.7 Å². The molecular weight excluding hydrogens is 581 g/mol. The molecule has 1 aromatic carbocycles. The minimum atomic E-state index is -2.99. The van der Waals surface area contributed by atoms with Gasteiger partial charge in [-0.05, 0) is 73.1 Å². The van der Waals surface area contributed by atoms with Crippen LogP contribution in [0.1, 0.15) is 57.5 Å². The maximum absolute atomic E-state index is 15.5. The molecule has 7 nitrogen and oxygen atoms in total. The normalized spacial score (nSPS) is 19.2. The average molecular weight is 604 g/mol. The standard InChI is InChI=1S/C29H23ClF5N5O2/c1-14-9-36-22(17-4-3-5-18(25(17)31)26(41)38-12-29(34,35)13-38)8-23(14)40-15(2)6-21(24(30)27(40)42)20-7-19(20)16-10-37-39(11-16)28(32)33/h3-6,8-11,19-20,28H,7,12-13H2,1-2H3/t19?,20-/m1/s1. The summed E-state index contributed by atoms with van der Waals surface area (Å²) >= 11 is 6.58. The summed E-state index contributed by atoms with van der Waals surface area (Å²) < 4.78 is 70.0. The second kappa shape index (κ2) is 10.0. The van der Waals surface area contributed by atoms with E-state index in [1.807, 2.05) is 0 Å². The van der Waals surface area contributed by atoms with Crippen LogP contribution in [0.3, 0.4) is 0 Å². The summed E-state index contributed by atoms with van der Waals surface area (Å²) in [5.41, 5.74) is 1.98. The van der Waals surface area contributed by atoms with Gasteiger partial charge in [-0.1, -0.05) is 17.7 Å². The third-order valence-corrected chi connectivity index (χ3v) is 8.13. The van der Waals surface area contributed by atoms with Crippen molar-refractivity contribution in [2.24, 2.45) is 0 Å². The molecule has 1 unspecified atom stereocenters. The number of aromatic nitrogens is 4. The fourth-order valence-corrected chi connectivity index (χ4v) is 5.76. The number of nitrogens with zero attached hydrogens (tertiary/aromatic N) is 5. The van der Waals surface area contributed by atoms with E-state index in [4.69, 9.17) is 11.6 Å². The Morgan fingerprint density at radius 2 is 1.86 bits per heavy atom. The smallest absolute Gasteiger partial charge is 0.326 e. The highest BCUT2D eigenvalue weighted by atomic mass is 35.5. The minimum Gasteiger partial charge on any atom is -0.326 e. The van der Waals surface area contributed by atoms with Gasteiger partial charge in [-0.15, -0.1) is 0 Å². The molecule has 4 heterocycles. The van der Waals surface area contributed by atoms with Crippen LogP contribution in [-0.4, -0.2) is 49.2 Å². The number of alkyl halides is 4. The van der Waals surface area contributed by atoms with Gasteiger partial charge in [-0.3, -0.25) is 19.1 Å². The molecule has 1 amide bonds. The molecule has 0 radical (unpaired) electrons. The Morgan fingerprint density at radius 3 is 2.52 bits per heavy atom. The molecular formula is C29H23ClF5N5O2. The highest BCUT2D eigenvalue weighted by Crippen LogP contribution is 2.56. The Hall–Kier alpha value is -4.06. The van der Waals surface area contributed by atoms with Crippen LogP contribution in [0.25, 0.3) is 16.9 Å². The fourth-order valence-electron chi connectivity index (χ4n) is 5.48. The molecule has 0 N–H and O–H groups in total. The van der Waals surface area contributed by atoms with Gasteiger partial charge in [0.05, 0.1) is 36.2 Å². The second-order valence-electron chi connectivity index (χ2n) is 10.7. The Kier molecular flexibility index (Phi) is 6.71. The van der Waals surface area contributed by atoms with Crippen molar-refractivity contribution < 1.29 is 26.7 Å². The summed E-state index contributed by atoms with van der Waals surface area (Å²) in [7, 11) is 0. The molecule has 3 aromatic heterocycles. The number of rotatable bonds is 6. The number of amides is 1. The van der Waals surface area contributed by atoms with Crippen LogP contribution in [0.5, 0.6) is 0 Å². The number of benzene rings is 1. The molecule has 4 aromatic rings. The molecule has 1 saturated heterocycles. The number of halogens is 6. The second-order valence-corrected chi connectivity index (χ2v) is 11.1. The van der Waals surface area contributed by atoms with Crippen molar-refractivity contribution in [3.63, 3.8) is 0 Å². The predicted molar refractivity (Wildman–Crippen MR) is 144 cm³/mol. The monoisotopic (exact) mass is 603 g/mol. The van der Waals surface area contributed by atoms with Crippen LogP contribution in [0.15, 0.2) is 53.7 Å². The average Bonchev–Trinajstić information content (AvgIpc) is 3.56. The van der Waals surface area contributed by atoms with Crippen LogP contribution in [0.4, 0.5) is 22.0 Å². The Bertz CT molecular complexity index is 1800. The first kappa shape index (κ1) is 28.1. The lowest BCUT2D eigenvalue weighted by molar-refractivity contribution is -0.113. The van der Waals surface area contributed by atoms with E-state index in [-0.39, 0.29) is 33.7 Å². The first-order valence-electron chi connectivity index (χ1n) is 13.0. The number of carbonyl (C=O) groups excluding carboxylic acids is 1. The Morgan fingerprint density at radius 1 is 1.12 bits per heavy atom. The van der Waals surface area contributed by atoms with Gasteiger partial charge in [-0.25, -0.2) is 17.9 Å². The molecule has 1 aliphatic heterocycles. The van der Waals surface area contributed by atoms with E-state index >= 15 is 4.39 Å². The molecule has 42 heavy (non-hydrogen) atoms. The number of carbonyl (C=O) groups is 1. The van der Waals surface area contributed by atoms with E-state index in [0.29, 0.717) is 39.2 Å². The van der Waals surface area contributed by atoms with Gasteiger partial charge in [0.2, 0.25) is 0 Å². The number of aryl methyl sites for hydroxylation is 2. The number of likely N-dealkylation sites (tertiary alicyclic amines) is 1. The van der Waals surface area contributed by atoms with Gasteiger partial charge in [0.1, 0.15) is 10.8 Å². The number of pyridine rings is 2. The van der Waals surface area contributed by atoms with E-state index < -0.39 is 42.8 Å². The van der Waals surface area contributed by atoms with Crippen LogP contribution in [0.2, 0.25) is 5.02 Å². The molecule has 13 heteroatoms. The van der Waals surface area contributed by atoms with Crippen molar-refractivity contribution in [2.75, 3.05) is 13.1 Å². The molecule has 218 valence electrons. The molecule has 2 aliphatic rings. The highest BCUT2D eigenvalue weighted by molar-refractivity contribution is 6.31. The fraction of sp³-hybridized carbons (Fsp3) is 0.310. The van der Waals surface area contributed by atoms with E-state index in [1.165, 1.54) is 47.4 Å². The first-order valence-corrected chi connectivity index (χ1v) is 13.4. The molecule has 6 rings (SSSR count). The van der Waals surface area contributed by atoms with Gasteiger partial charge in [-0.2, -0.15) is 13.9 Å². The summed E-state index contributed by atoms with van der Waals surface area (Å²) in [6.07, 6.45) is 4.76. The van der Waals surface area contributed by atoms with Crippen LogP contribution < -0.4 is 5.56 Å². The van der Waals surface area contributed by atoms with Crippen molar-refractivity contribution in [1.82, 2.24) is 24.2 Å². The van der Waals surface area contributed by atoms with E-state index in [0.717, 1.165) is 4.90 Å². The molecule has 0 spiro atoms. The summed E-state index contributed by atoms with van der Waals surface area (Å²) in [4.78, 5) is 31.4. The zero-order valence-corrected chi connectivity index (χ0v) is 23.0. The third kappa shape index (κ3) is 4.77. The maximum atomic E-state index is 15.5. The van der Waals surface area contributed by atoms with Gasteiger partial charge >= 0.3 is 6.55 Å². The largest absolute Gasteiger partial charge is 0.333 e. The summed E-state index contributed by atoms with van der Waals surface area (Å²) in [6, 6.07) is 7.35. The minimum absolute atomic E-state index is 0.0164. The lowest BCUT2D eigenvalue weighted by Gasteiger charge is -2.38. The lowest BCUT2D eigenvalue weighted by atomic mass is 10.0. The maximum Gasteiger partial charge on any atom is 0.333 e.